The molecule has 0 aromatic rings. The normalized spacial score (nSPS) is 29.4. The third-order valence-electron chi connectivity index (χ3n) is 3.18. The predicted octanol–water partition coefficient (Wildman–Crippen LogP) is -2.05. The molecule has 2 saturated heterocycles. The van der Waals surface area contributed by atoms with Crippen molar-refractivity contribution >= 4 is 23.9 Å². The molecule has 2 aliphatic rings. The van der Waals surface area contributed by atoms with E-state index in [4.69, 9.17) is 18.9 Å². The van der Waals surface area contributed by atoms with Crippen LogP contribution in [0.25, 0.3) is 0 Å². The molecule has 0 spiro atoms. The zero-order chi connectivity index (χ0) is 16.3. The molecular formula is C12H14O10. The molecule has 0 aromatic carbocycles. The van der Waals surface area contributed by atoms with E-state index in [1.54, 1.807) is 0 Å². The second kappa shape index (κ2) is 6.71. The van der Waals surface area contributed by atoms with Crippen LogP contribution in [0.5, 0.6) is 0 Å². The molecule has 2 unspecified atom stereocenters. The number of carbonyl (C=O) groups is 4. The Bertz CT molecular complexity index is 442. The van der Waals surface area contributed by atoms with Gasteiger partial charge < -0.3 is 28.4 Å². The van der Waals surface area contributed by atoms with Crippen molar-refractivity contribution in [3.63, 3.8) is 0 Å². The standard InChI is InChI=1S/C12H14O10/c1-17-9(13)11(15)21-5-3-19-8-6(4-20-7(5)8)22-12(16)10(14)18-2/h5-8H,3-4H2,1-2H3/t5-,6-,7?,8?/m0/s1. The Morgan fingerprint density at radius 2 is 1.09 bits per heavy atom. The highest BCUT2D eigenvalue weighted by atomic mass is 16.7. The van der Waals surface area contributed by atoms with Gasteiger partial charge in [0.25, 0.3) is 0 Å². The summed E-state index contributed by atoms with van der Waals surface area (Å²) in [4.78, 5) is 44.7. The first-order valence-corrected chi connectivity index (χ1v) is 6.29. The molecule has 0 N–H and O–H groups in total. The van der Waals surface area contributed by atoms with Gasteiger partial charge in [-0.2, -0.15) is 0 Å². The van der Waals surface area contributed by atoms with Crippen LogP contribution in [0.3, 0.4) is 0 Å². The van der Waals surface area contributed by atoms with Crippen molar-refractivity contribution in [1.82, 2.24) is 0 Å². The highest BCUT2D eigenvalue weighted by Crippen LogP contribution is 2.30. The van der Waals surface area contributed by atoms with Crippen LogP contribution < -0.4 is 0 Å². The van der Waals surface area contributed by atoms with Crippen LogP contribution >= 0.6 is 0 Å². The molecule has 0 radical (unpaired) electrons. The lowest BCUT2D eigenvalue weighted by Crippen LogP contribution is -2.38. The Hall–Kier alpha value is -2.20. The number of rotatable bonds is 2. The van der Waals surface area contributed by atoms with E-state index in [1.807, 2.05) is 0 Å². The molecule has 22 heavy (non-hydrogen) atoms. The quantitative estimate of drug-likeness (QED) is 0.319. The Balaban J connectivity index is 1.91. The average molecular weight is 318 g/mol. The maximum Gasteiger partial charge on any atom is 0.417 e. The topological polar surface area (TPSA) is 124 Å². The number of methoxy groups -OCH3 is 2. The Kier molecular flexibility index (Phi) is 4.93. The Morgan fingerprint density at radius 1 is 0.727 bits per heavy atom. The Labute approximate surface area is 124 Å². The van der Waals surface area contributed by atoms with Gasteiger partial charge in [-0.3, -0.25) is 0 Å². The van der Waals surface area contributed by atoms with Crippen molar-refractivity contribution in [2.45, 2.75) is 24.4 Å². The van der Waals surface area contributed by atoms with Gasteiger partial charge in [0, 0.05) is 0 Å². The van der Waals surface area contributed by atoms with E-state index in [-0.39, 0.29) is 13.2 Å². The maximum atomic E-state index is 11.4. The van der Waals surface area contributed by atoms with Gasteiger partial charge >= 0.3 is 23.9 Å². The minimum Gasteiger partial charge on any atom is -0.461 e. The summed E-state index contributed by atoms with van der Waals surface area (Å²) in [6.45, 7) is -0.0747. The van der Waals surface area contributed by atoms with Crippen molar-refractivity contribution in [2.24, 2.45) is 0 Å². The first kappa shape index (κ1) is 16.2. The summed E-state index contributed by atoms with van der Waals surface area (Å²) in [7, 11) is 2.10. The third kappa shape index (κ3) is 3.17. The summed E-state index contributed by atoms with van der Waals surface area (Å²) in [5.74, 6) is -4.63. The number of hydrogen-bond acceptors (Lipinski definition) is 10. The van der Waals surface area contributed by atoms with Crippen molar-refractivity contribution in [2.75, 3.05) is 27.4 Å². The molecule has 122 valence electrons. The first-order valence-electron chi connectivity index (χ1n) is 6.29. The fraction of sp³-hybridized carbons (Fsp3) is 0.667. The predicted molar refractivity (Wildman–Crippen MR) is 63.3 cm³/mol. The van der Waals surface area contributed by atoms with Gasteiger partial charge in [0.05, 0.1) is 27.4 Å². The van der Waals surface area contributed by atoms with E-state index in [1.165, 1.54) is 0 Å². The van der Waals surface area contributed by atoms with Crippen LogP contribution in [0.1, 0.15) is 0 Å². The molecule has 2 rings (SSSR count). The summed E-state index contributed by atoms with van der Waals surface area (Å²) in [6.07, 6.45) is -3.08. The number of esters is 4. The second-order valence-electron chi connectivity index (χ2n) is 4.47. The zero-order valence-corrected chi connectivity index (χ0v) is 11.8. The van der Waals surface area contributed by atoms with E-state index in [0.717, 1.165) is 14.2 Å². The van der Waals surface area contributed by atoms with Crippen LogP contribution in [0.4, 0.5) is 0 Å². The van der Waals surface area contributed by atoms with Crippen molar-refractivity contribution < 1.29 is 47.6 Å². The van der Waals surface area contributed by atoms with Gasteiger partial charge in [-0.1, -0.05) is 0 Å². The fourth-order valence-corrected chi connectivity index (χ4v) is 2.17. The van der Waals surface area contributed by atoms with Gasteiger partial charge in [-0.15, -0.1) is 0 Å². The summed E-state index contributed by atoms with van der Waals surface area (Å²) in [5, 5.41) is 0. The lowest BCUT2D eigenvalue weighted by molar-refractivity contribution is -0.173. The lowest BCUT2D eigenvalue weighted by Gasteiger charge is -2.16. The molecule has 0 saturated carbocycles. The molecule has 10 heteroatoms. The van der Waals surface area contributed by atoms with E-state index in [0.29, 0.717) is 0 Å². The first-order chi connectivity index (χ1) is 10.5. The van der Waals surface area contributed by atoms with Crippen molar-refractivity contribution in [3.8, 4) is 0 Å². The van der Waals surface area contributed by atoms with Crippen LogP contribution in [0.2, 0.25) is 0 Å². The number of ether oxygens (including phenoxy) is 6. The van der Waals surface area contributed by atoms with Crippen LogP contribution in [-0.2, 0) is 47.6 Å². The number of hydrogen-bond donors (Lipinski definition) is 0. The van der Waals surface area contributed by atoms with Crippen LogP contribution in [-0.4, -0.2) is 75.7 Å². The van der Waals surface area contributed by atoms with E-state index in [9.17, 15) is 19.2 Å². The highest BCUT2D eigenvalue weighted by Gasteiger charge is 2.52. The van der Waals surface area contributed by atoms with Crippen molar-refractivity contribution in [3.05, 3.63) is 0 Å². The number of carbonyl (C=O) groups excluding carboxylic acids is 4. The van der Waals surface area contributed by atoms with Gasteiger partial charge in [-0.25, -0.2) is 19.2 Å². The van der Waals surface area contributed by atoms with Gasteiger partial charge in [0.1, 0.15) is 12.2 Å². The van der Waals surface area contributed by atoms with Crippen molar-refractivity contribution in [1.29, 1.82) is 0 Å². The molecular weight excluding hydrogens is 304 g/mol. The summed E-state index contributed by atoms with van der Waals surface area (Å²) < 4.78 is 29.0. The number of fused-ring (bicyclic) bond motifs is 1. The Morgan fingerprint density at radius 3 is 1.41 bits per heavy atom. The summed E-state index contributed by atoms with van der Waals surface area (Å²) in [5.41, 5.74) is 0. The molecule has 10 nitrogen and oxygen atoms in total. The van der Waals surface area contributed by atoms with E-state index < -0.39 is 48.3 Å². The third-order valence-corrected chi connectivity index (χ3v) is 3.18. The minimum absolute atomic E-state index is 0.0374. The summed E-state index contributed by atoms with van der Waals surface area (Å²) >= 11 is 0. The van der Waals surface area contributed by atoms with Gasteiger partial charge in [0.2, 0.25) is 0 Å². The fourth-order valence-electron chi connectivity index (χ4n) is 2.17. The minimum atomic E-state index is -1.17. The molecule has 0 amide bonds. The molecule has 0 aromatic heterocycles. The monoisotopic (exact) mass is 318 g/mol. The SMILES string of the molecule is COC(=O)C(=O)O[C@H]1COC2C1OC[C@@H]2OC(=O)C(=O)OC. The van der Waals surface area contributed by atoms with Gasteiger partial charge in [0.15, 0.2) is 12.2 Å². The van der Waals surface area contributed by atoms with Gasteiger partial charge in [-0.05, 0) is 0 Å². The highest BCUT2D eigenvalue weighted by molar-refractivity contribution is 6.30. The molecule has 0 aliphatic carbocycles. The molecule has 4 atom stereocenters. The maximum absolute atomic E-state index is 11.4. The van der Waals surface area contributed by atoms with Crippen LogP contribution in [0.15, 0.2) is 0 Å². The zero-order valence-electron chi connectivity index (χ0n) is 11.8. The van der Waals surface area contributed by atoms with Crippen LogP contribution in [0, 0.1) is 0 Å². The summed E-state index contributed by atoms with van der Waals surface area (Å²) in [6, 6.07) is 0. The average Bonchev–Trinajstić information content (AvgIpc) is 3.09. The van der Waals surface area contributed by atoms with E-state index >= 15 is 0 Å². The largest absolute Gasteiger partial charge is 0.461 e. The lowest BCUT2D eigenvalue weighted by atomic mass is 10.1. The molecule has 2 aliphatic heterocycles. The smallest absolute Gasteiger partial charge is 0.417 e. The molecule has 2 fully saturated rings. The second-order valence-corrected chi connectivity index (χ2v) is 4.47. The molecule has 2 heterocycles. The van der Waals surface area contributed by atoms with E-state index in [2.05, 4.69) is 9.47 Å². The molecule has 0 bridgehead atoms.